The lowest BCUT2D eigenvalue weighted by atomic mass is 10.3. The summed E-state index contributed by atoms with van der Waals surface area (Å²) in [5.41, 5.74) is 0.481. The average molecular weight is 256 g/mol. The minimum absolute atomic E-state index is 0.481. The molecule has 0 aliphatic heterocycles. The highest BCUT2D eigenvalue weighted by Crippen LogP contribution is 2.20. The first kappa shape index (κ1) is 12.9. The number of nitrogens with one attached hydrogen (secondary N) is 1. The van der Waals surface area contributed by atoms with Crippen LogP contribution in [-0.4, -0.2) is 19.9 Å². The van der Waals surface area contributed by atoms with Gasteiger partial charge in [-0.05, 0) is 31.4 Å². The lowest BCUT2D eigenvalue weighted by Crippen LogP contribution is -2.23. The van der Waals surface area contributed by atoms with Crippen LogP contribution >= 0.6 is 11.8 Å². The van der Waals surface area contributed by atoms with Crippen LogP contribution in [0.4, 0.5) is 5.69 Å². The van der Waals surface area contributed by atoms with Gasteiger partial charge in [-0.2, -0.15) is 5.26 Å². The first-order valence-electron chi connectivity index (χ1n) is 4.55. The third kappa shape index (κ3) is 3.15. The number of benzene rings is 1. The smallest absolute Gasteiger partial charge is 0.248 e. The summed E-state index contributed by atoms with van der Waals surface area (Å²) in [6.07, 6.45) is 1.91. The fraction of sp³-hybridized carbons (Fsp3) is 0.300. The summed E-state index contributed by atoms with van der Waals surface area (Å²) < 4.78 is 25.6. The predicted octanol–water partition coefficient (Wildman–Crippen LogP) is 2.06. The topological polar surface area (TPSA) is 70.0 Å². The number of sulfonamides is 1. The molecule has 0 spiro atoms. The Kier molecular flexibility index (Phi) is 4.21. The van der Waals surface area contributed by atoms with E-state index in [1.807, 2.05) is 12.3 Å². The minimum atomic E-state index is -3.61. The summed E-state index contributed by atoms with van der Waals surface area (Å²) in [6.45, 7) is 1.35. The molecule has 1 unspecified atom stereocenters. The Morgan fingerprint density at radius 1 is 1.50 bits per heavy atom. The van der Waals surface area contributed by atoms with E-state index in [0.29, 0.717) is 5.69 Å². The minimum Gasteiger partial charge on any atom is -0.282 e. The van der Waals surface area contributed by atoms with Crippen molar-refractivity contribution in [3.63, 3.8) is 0 Å². The quantitative estimate of drug-likeness (QED) is 0.837. The normalized spacial score (nSPS) is 12.8. The van der Waals surface area contributed by atoms with Gasteiger partial charge in [0.15, 0.2) is 5.25 Å². The van der Waals surface area contributed by atoms with Gasteiger partial charge in [0.1, 0.15) is 0 Å². The van der Waals surface area contributed by atoms with E-state index in [1.165, 1.54) is 18.7 Å². The van der Waals surface area contributed by atoms with E-state index in [0.717, 1.165) is 4.90 Å². The van der Waals surface area contributed by atoms with Gasteiger partial charge in [0.2, 0.25) is 10.0 Å². The maximum Gasteiger partial charge on any atom is 0.248 e. The van der Waals surface area contributed by atoms with Gasteiger partial charge in [-0.1, -0.05) is 6.07 Å². The number of hydrogen-bond donors (Lipinski definition) is 1. The second-order valence-corrected chi connectivity index (χ2v) is 6.03. The molecule has 0 saturated carbocycles. The molecule has 1 atom stereocenters. The number of thioether (sulfide) groups is 1. The van der Waals surface area contributed by atoms with Gasteiger partial charge in [0, 0.05) is 10.6 Å². The molecule has 1 aromatic rings. The first-order chi connectivity index (χ1) is 7.49. The zero-order valence-corrected chi connectivity index (χ0v) is 10.6. The Balaban J connectivity index is 2.93. The van der Waals surface area contributed by atoms with Crippen LogP contribution in [0.2, 0.25) is 0 Å². The molecule has 0 bridgehead atoms. The Hall–Kier alpha value is -1.19. The molecule has 4 nitrogen and oxygen atoms in total. The van der Waals surface area contributed by atoms with Gasteiger partial charge in [-0.25, -0.2) is 8.42 Å². The van der Waals surface area contributed by atoms with Crippen molar-refractivity contribution in [2.75, 3.05) is 11.0 Å². The highest BCUT2D eigenvalue weighted by atomic mass is 32.2. The lowest BCUT2D eigenvalue weighted by molar-refractivity contribution is 0.597. The molecule has 1 N–H and O–H groups in total. The van der Waals surface area contributed by atoms with Crippen molar-refractivity contribution in [1.29, 1.82) is 5.26 Å². The van der Waals surface area contributed by atoms with Gasteiger partial charge >= 0.3 is 0 Å². The summed E-state index contributed by atoms with van der Waals surface area (Å²) in [5, 5.41) is 7.51. The highest BCUT2D eigenvalue weighted by Gasteiger charge is 2.19. The molecule has 86 valence electrons. The average Bonchev–Trinajstić information content (AvgIpc) is 2.27. The van der Waals surface area contributed by atoms with E-state index in [4.69, 9.17) is 5.26 Å². The molecule has 16 heavy (non-hydrogen) atoms. The molecule has 1 aromatic carbocycles. The lowest BCUT2D eigenvalue weighted by Gasteiger charge is -2.09. The molecule has 0 saturated heterocycles. The standard InChI is InChI=1S/C10H12N2O2S2/c1-8(7-11)16(13,14)12-9-4-3-5-10(6-9)15-2/h3-6,8,12H,1-2H3. The molecule has 0 aromatic heterocycles. The van der Waals surface area contributed by atoms with Crippen molar-refractivity contribution in [2.45, 2.75) is 17.1 Å². The van der Waals surface area contributed by atoms with Crippen molar-refractivity contribution in [3.05, 3.63) is 24.3 Å². The number of rotatable bonds is 4. The Bertz CT molecular complexity index is 506. The maximum atomic E-state index is 11.6. The van der Waals surface area contributed by atoms with Gasteiger partial charge in [0.25, 0.3) is 0 Å². The molecule has 1 rings (SSSR count). The molecule has 0 fully saturated rings. The van der Waals surface area contributed by atoms with Crippen LogP contribution in [0.15, 0.2) is 29.2 Å². The van der Waals surface area contributed by atoms with Crippen LogP contribution in [0.5, 0.6) is 0 Å². The van der Waals surface area contributed by atoms with E-state index in [2.05, 4.69) is 4.72 Å². The van der Waals surface area contributed by atoms with E-state index >= 15 is 0 Å². The van der Waals surface area contributed by atoms with Gasteiger partial charge in [0.05, 0.1) is 6.07 Å². The molecular formula is C10H12N2O2S2. The molecule has 0 radical (unpaired) electrons. The van der Waals surface area contributed by atoms with E-state index in [9.17, 15) is 8.42 Å². The van der Waals surface area contributed by atoms with Crippen LogP contribution in [-0.2, 0) is 10.0 Å². The largest absolute Gasteiger partial charge is 0.282 e. The fourth-order valence-corrected chi connectivity index (χ4v) is 2.24. The van der Waals surface area contributed by atoms with Crippen molar-refractivity contribution < 1.29 is 8.42 Å². The van der Waals surface area contributed by atoms with Crippen LogP contribution in [0, 0.1) is 11.3 Å². The molecular weight excluding hydrogens is 244 g/mol. The van der Waals surface area contributed by atoms with Crippen LogP contribution in [0.25, 0.3) is 0 Å². The summed E-state index contributed by atoms with van der Waals surface area (Å²) in [5.74, 6) is 0. The number of hydrogen-bond acceptors (Lipinski definition) is 4. The summed E-state index contributed by atoms with van der Waals surface area (Å²) in [4.78, 5) is 0.963. The predicted molar refractivity (Wildman–Crippen MR) is 65.8 cm³/mol. The zero-order chi connectivity index (χ0) is 12.2. The van der Waals surface area contributed by atoms with Crippen LogP contribution in [0.3, 0.4) is 0 Å². The monoisotopic (exact) mass is 256 g/mol. The Morgan fingerprint density at radius 2 is 2.19 bits per heavy atom. The van der Waals surface area contributed by atoms with E-state index in [-0.39, 0.29) is 0 Å². The van der Waals surface area contributed by atoms with Gasteiger partial charge in [-0.15, -0.1) is 11.8 Å². The highest BCUT2D eigenvalue weighted by molar-refractivity contribution is 7.98. The number of anilines is 1. The summed E-state index contributed by atoms with van der Waals surface area (Å²) >= 11 is 1.52. The van der Waals surface area contributed by atoms with Crippen molar-refractivity contribution in [2.24, 2.45) is 0 Å². The Labute approximate surface area is 99.7 Å². The van der Waals surface area contributed by atoms with Crippen LogP contribution < -0.4 is 4.72 Å². The second-order valence-electron chi connectivity index (χ2n) is 3.15. The van der Waals surface area contributed by atoms with E-state index in [1.54, 1.807) is 24.3 Å². The second kappa shape index (κ2) is 5.23. The van der Waals surface area contributed by atoms with Crippen molar-refractivity contribution in [3.8, 4) is 6.07 Å². The molecule has 0 aliphatic rings. The number of nitrogens with zero attached hydrogens (tertiary/aromatic N) is 1. The summed E-state index contributed by atoms with van der Waals surface area (Å²) in [7, 11) is -3.61. The summed E-state index contributed by atoms with van der Waals surface area (Å²) in [6, 6.07) is 8.73. The van der Waals surface area contributed by atoms with Gasteiger partial charge in [-0.3, -0.25) is 4.72 Å². The maximum absolute atomic E-state index is 11.6. The molecule has 6 heteroatoms. The third-order valence-corrected chi connectivity index (χ3v) is 4.26. The fourth-order valence-electron chi connectivity index (χ4n) is 1.01. The number of nitriles is 1. The SMILES string of the molecule is CSc1cccc(NS(=O)(=O)C(C)C#N)c1. The Morgan fingerprint density at radius 3 is 2.75 bits per heavy atom. The zero-order valence-electron chi connectivity index (χ0n) is 8.97. The van der Waals surface area contributed by atoms with Gasteiger partial charge < -0.3 is 0 Å². The molecule has 0 aliphatic carbocycles. The molecule has 0 amide bonds. The molecule has 0 heterocycles. The first-order valence-corrected chi connectivity index (χ1v) is 7.32. The van der Waals surface area contributed by atoms with Crippen LogP contribution in [0.1, 0.15) is 6.92 Å². The van der Waals surface area contributed by atoms with Crippen molar-refractivity contribution in [1.82, 2.24) is 0 Å². The third-order valence-electron chi connectivity index (χ3n) is 1.98. The van der Waals surface area contributed by atoms with E-state index < -0.39 is 15.3 Å². The van der Waals surface area contributed by atoms with Crippen molar-refractivity contribution >= 4 is 27.5 Å².